The lowest BCUT2D eigenvalue weighted by Gasteiger charge is -2.08. The number of ether oxygens (including phenoxy) is 1. The first-order chi connectivity index (χ1) is 6.77. The van der Waals surface area contributed by atoms with E-state index in [0.29, 0.717) is 5.92 Å². The maximum atomic E-state index is 5.72. The Kier molecular flexibility index (Phi) is 1.88. The van der Waals surface area contributed by atoms with Gasteiger partial charge in [-0.2, -0.15) is 0 Å². The topological polar surface area (TPSA) is 9.23 Å². The Morgan fingerprint density at radius 2 is 2.29 bits per heavy atom. The molecule has 0 fully saturated rings. The third-order valence-corrected chi connectivity index (χ3v) is 4.16. The fraction of sp³-hybridized carbons (Fsp3) is 0.500. The Balaban J connectivity index is 2.24. The summed E-state index contributed by atoms with van der Waals surface area (Å²) in [6.45, 7) is 3.08. The lowest BCUT2D eigenvalue weighted by molar-refractivity contribution is 0.335. The van der Waals surface area contributed by atoms with Crippen molar-refractivity contribution in [2.45, 2.75) is 32.1 Å². The summed E-state index contributed by atoms with van der Waals surface area (Å²) in [5.41, 5.74) is 4.42. The maximum Gasteiger partial charge on any atom is 0.137 e. The van der Waals surface area contributed by atoms with Crippen LogP contribution in [-0.4, -0.2) is 6.61 Å². The number of rotatable bonds is 0. The van der Waals surface area contributed by atoms with Gasteiger partial charge in [-0.25, -0.2) is 0 Å². The van der Waals surface area contributed by atoms with Crippen molar-refractivity contribution in [1.29, 1.82) is 0 Å². The van der Waals surface area contributed by atoms with E-state index in [9.17, 15) is 0 Å². The SMILES string of the molecule is CC1COc2c1cc1c(c2Br)CCC1. The second-order valence-corrected chi connectivity index (χ2v) is 5.11. The van der Waals surface area contributed by atoms with E-state index >= 15 is 0 Å². The van der Waals surface area contributed by atoms with Crippen LogP contribution >= 0.6 is 15.9 Å². The fourth-order valence-corrected chi connectivity index (χ4v) is 3.30. The number of aryl methyl sites for hydroxylation is 1. The highest BCUT2D eigenvalue weighted by Gasteiger charge is 2.27. The van der Waals surface area contributed by atoms with Crippen molar-refractivity contribution in [2.75, 3.05) is 6.61 Å². The molecule has 1 atom stereocenters. The first kappa shape index (κ1) is 8.78. The zero-order chi connectivity index (χ0) is 9.71. The molecular weight excluding hydrogens is 240 g/mol. The third kappa shape index (κ3) is 1.07. The standard InChI is InChI=1S/C12H13BrO/c1-7-6-14-12-10(7)5-8-3-2-4-9(8)11(12)13/h5,7H,2-4,6H2,1H3. The van der Waals surface area contributed by atoms with Gasteiger partial charge in [-0.3, -0.25) is 0 Å². The quantitative estimate of drug-likeness (QED) is 0.688. The van der Waals surface area contributed by atoms with E-state index in [2.05, 4.69) is 28.9 Å². The molecule has 0 N–H and O–H groups in total. The van der Waals surface area contributed by atoms with E-state index in [1.165, 1.54) is 40.4 Å². The molecule has 2 aliphatic rings. The number of hydrogen-bond acceptors (Lipinski definition) is 1. The Morgan fingerprint density at radius 1 is 1.43 bits per heavy atom. The molecule has 0 saturated carbocycles. The molecule has 1 unspecified atom stereocenters. The first-order valence-electron chi connectivity index (χ1n) is 5.24. The van der Waals surface area contributed by atoms with Crippen LogP contribution in [0.25, 0.3) is 0 Å². The molecule has 2 heteroatoms. The number of halogens is 1. The van der Waals surface area contributed by atoms with Gasteiger partial charge in [0.05, 0.1) is 11.1 Å². The van der Waals surface area contributed by atoms with Crippen LogP contribution in [0.5, 0.6) is 5.75 Å². The van der Waals surface area contributed by atoms with Gasteiger partial charge >= 0.3 is 0 Å². The molecule has 1 aromatic rings. The molecule has 0 saturated heterocycles. The Hall–Kier alpha value is -0.500. The zero-order valence-corrected chi connectivity index (χ0v) is 9.86. The summed E-state index contributed by atoms with van der Waals surface area (Å²) < 4.78 is 6.95. The van der Waals surface area contributed by atoms with Crippen LogP contribution in [0.3, 0.4) is 0 Å². The van der Waals surface area contributed by atoms with Gasteiger partial charge in [0.2, 0.25) is 0 Å². The molecule has 0 aromatic heterocycles. The van der Waals surface area contributed by atoms with Crippen molar-refractivity contribution < 1.29 is 4.74 Å². The monoisotopic (exact) mass is 252 g/mol. The van der Waals surface area contributed by atoms with Crippen molar-refractivity contribution in [2.24, 2.45) is 0 Å². The molecule has 0 amide bonds. The third-order valence-electron chi connectivity index (χ3n) is 3.33. The fourth-order valence-electron chi connectivity index (χ4n) is 2.50. The summed E-state index contributed by atoms with van der Waals surface area (Å²) in [5.74, 6) is 1.67. The summed E-state index contributed by atoms with van der Waals surface area (Å²) in [7, 11) is 0. The average molecular weight is 253 g/mol. The van der Waals surface area contributed by atoms with Gasteiger partial charge in [0.1, 0.15) is 5.75 Å². The predicted octanol–water partition coefficient (Wildman–Crippen LogP) is 3.43. The molecular formula is C12H13BrO. The minimum absolute atomic E-state index is 0.562. The van der Waals surface area contributed by atoms with Crippen LogP contribution in [0.1, 0.15) is 36.0 Å². The predicted molar refractivity (Wildman–Crippen MR) is 60.1 cm³/mol. The van der Waals surface area contributed by atoms with E-state index in [1.54, 1.807) is 0 Å². The summed E-state index contributed by atoms with van der Waals surface area (Å²) >= 11 is 3.69. The molecule has 1 aliphatic carbocycles. The Bertz CT molecular complexity index is 398. The van der Waals surface area contributed by atoms with Gasteiger partial charge in [0.25, 0.3) is 0 Å². The van der Waals surface area contributed by atoms with Crippen LogP contribution in [0.15, 0.2) is 10.5 Å². The van der Waals surface area contributed by atoms with Crippen LogP contribution in [0, 0.1) is 0 Å². The molecule has 0 spiro atoms. The van der Waals surface area contributed by atoms with Crippen LogP contribution < -0.4 is 4.74 Å². The van der Waals surface area contributed by atoms with Crippen LogP contribution in [0.2, 0.25) is 0 Å². The lowest BCUT2D eigenvalue weighted by Crippen LogP contribution is -1.93. The number of benzene rings is 1. The lowest BCUT2D eigenvalue weighted by atomic mass is 9.99. The first-order valence-corrected chi connectivity index (χ1v) is 6.03. The molecule has 1 nitrogen and oxygen atoms in total. The van der Waals surface area contributed by atoms with Crippen molar-refractivity contribution in [3.63, 3.8) is 0 Å². The van der Waals surface area contributed by atoms with Gasteiger partial charge in [0, 0.05) is 11.5 Å². The molecule has 0 radical (unpaired) electrons. The normalized spacial score (nSPS) is 23.1. The molecule has 1 aliphatic heterocycles. The van der Waals surface area contributed by atoms with E-state index in [1.807, 2.05) is 0 Å². The summed E-state index contributed by atoms with van der Waals surface area (Å²) in [4.78, 5) is 0. The Morgan fingerprint density at radius 3 is 3.14 bits per heavy atom. The summed E-state index contributed by atoms with van der Waals surface area (Å²) in [5, 5.41) is 0. The Labute approximate surface area is 92.6 Å². The zero-order valence-electron chi connectivity index (χ0n) is 8.27. The highest BCUT2D eigenvalue weighted by molar-refractivity contribution is 9.10. The second-order valence-electron chi connectivity index (χ2n) is 4.31. The van der Waals surface area contributed by atoms with Crippen LogP contribution in [0.4, 0.5) is 0 Å². The second kappa shape index (κ2) is 2.99. The van der Waals surface area contributed by atoms with E-state index in [-0.39, 0.29) is 0 Å². The van der Waals surface area contributed by atoms with Crippen molar-refractivity contribution >= 4 is 15.9 Å². The van der Waals surface area contributed by atoms with Crippen molar-refractivity contribution in [1.82, 2.24) is 0 Å². The van der Waals surface area contributed by atoms with Gasteiger partial charge in [0.15, 0.2) is 0 Å². The van der Waals surface area contributed by atoms with E-state index in [4.69, 9.17) is 4.74 Å². The van der Waals surface area contributed by atoms with Gasteiger partial charge in [-0.15, -0.1) is 0 Å². The minimum atomic E-state index is 0.562. The van der Waals surface area contributed by atoms with E-state index < -0.39 is 0 Å². The summed E-state index contributed by atoms with van der Waals surface area (Å²) in [6, 6.07) is 2.36. The molecule has 1 aromatic carbocycles. The summed E-state index contributed by atoms with van der Waals surface area (Å²) in [6.07, 6.45) is 3.75. The molecule has 1 heterocycles. The molecule has 14 heavy (non-hydrogen) atoms. The molecule has 74 valence electrons. The maximum absolute atomic E-state index is 5.72. The number of fused-ring (bicyclic) bond motifs is 2. The van der Waals surface area contributed by atoms with E-state index in [0.717, 1.165) is 12.4 Å². The minimum Gasteiger partial charge on any atom is -0.491 e. The number of hydrogen-bond donors (Lipinski definition) is 0. The molecule has 0 bridgehead atoms. The highest BCUT2D eigenvalue weighted by Crippen LogP contribution is 2.45. The average Bonchev–Trinajstić information content (AvgIpc) is 2.75. The highest BCUT2D eigenvalue weighted by atomic mass is 79.9. The molecule has 3 rings (SSSR count). The van der Waals surface area contributed by atoms with Crippen molar-refractivity contribution in [3.05, 3.63) is 27.2 Å². The van der Waals surface area contributed by atoms with Gasteiger partial charge in [-0.1, -0.05) is 13.0 Å². The smallest absolute Gasteiger partial charge is 0.137 e. The largest absolute Gasteiger partial charge is 0.491 e. The van der Waals surface area contributed by atoms with Gasteiger partial charge in [-0.05, 0) is 46.3 Å². The van der Waals surface area contributed by atoms with Crippen molar-refractivity contribution in [3.8, 4) is 5.75 Å². The van der Waals surface area contributed by atoms with Gasteiger partial charge < -0.3 is 4.74 Å². The van der Waals surface area contributed by atoms with Crippen LogP contribution in [-0.2, 0) is 12.8 Å².